The minimum absolute atomic E-state index is 0.0672. The Morgan fingerprint density at radius 3 is 0.658 bits per heavy atom. The minimum atomic E-state index is -2.20. The summed E-state index contributed by atoms with van der Waals surface area (Å²) in [5, 5.41) is 203. The predicted molar refractivity (Wildman–Crippen MR) is 241 cm³/mol. The molecule has 0 saturated carbocycles. The smallest absolute Gasteiger partial charge is 0.251 e. The van der Waals surface area contributed by atoms with Crippen LogP contribution in [0.25, 0.3) is 0 Å². The standard InChI is InChI=1S/C41H80N4O28/c46-13-21(50)25(54)29(58)33(62)37(66)42-5-1-9-70-17-41(18-71-10-2-6-43-38(67)34(63)30(59)26(55)22(51)14-47,19-72-11-3-7-44-39(68)35(64)31(60)27(56)23(52)15-48)20-73-12-4-8-45-40(69)36(65)32(61)28(57)24(53)16-49/h21-36,46-65H,1-20H2,(H,42,66)(H,43,67)(H,44,68)(H,45,69). The van der Waals surface area contributed by atoms with Crippen molar-refractivity contribution in [1.82, 2.24) is 21.3 Å². The quantitative estimate of drug-likeness (QED) is 0.0252. The summed E-state index contributed by atoms with van der Waals surface area (Å²) in [5.41, 5.74) is -1.25. The van der Waals surface area contributed by atoms with E-state index >= 15 is 0 Å². The summed E-state index contributed by atoms with van der Waals surface area (Å²) in [6.45, 7) is -5.90. The van der Waals surface area contributed by atoms with Crippen LogP contribution in [-0.4, -0.2) is 329 Å². The largest absolute Gasteiger partial charge is 0.394 e. The highest BCUT2D eigenvalue weighted by Gasteiger charge is 2.38. The Labute approximate surface area is 419 Å². The highest BCUT2D eigenvalue weighted by Crippen LogP contribution is 2.22. The van der Waals surface area contributed by atoms with Gasteiger partial charge in [-0.25, -0.2) is 0 Å². The van der Waals surface area contributed by atoms with Gasteiger partial charge in [-0.2, -0.15) is 0 Å². The van der Waals surface area contributed by atoms with E-state index in [9.17, 15) is 101 Å². The number of carbonyl (C=O) groups is 4. The molecule has 0 radical (unpaired) electrons. The van der Waals surface area contributed by atoms with E-state index in [1.807, 2.05) is 0 Å². The summed E-state index contributed by atoms with van der Waals surface area (Å²) < 4.78 is 23.6. The number of hydrogen-bond acceptors (Lipinski definition) is 28. The van der Waals surface area contributed by atoms with Crippen molar-refractivity contribution >= 4 is 23.6 Å². The fourth-order valence-corrected chi connectivity index (χ4v) is 6.08. The van der Waals surface area contributed by atoms with Gasteiger partial charge in [0.2, 0.25) is 0 Å². The molecule has 16 atom stereocenters. The zero-order chi connectivity index (χ0) is 55.8. The van der Waals surface area contributed by atoms with Gasteiger partial charge in [0.25, 0.3) is 23.6 Å². The molecule has 0 rings (SSSR count). The number of rotatable bonds is 44. The fraction of sp³-hybridized carbons (Fsp3) is 0.902. The Balaban J connectivity index is 6.03. The van der Waals surface area contributed by atoms with Crippen LogP contribution >= 0.6 is 0 Å². The highest BCUT2D eigenvalue weighted by atomic mass is 16.5. The second-order valence-corrected chi connectivity index (χ2v) is 17.0. The number of aliphatic hydroxyl groups excluding tert-OH is 20. The van der Waals surface area contributed by atoms with Gasteiger partial charge in [0.15, 0.2) is 24.4 Å². The molecule has 32 nitrogen and oxygen atoms in total. The zero-order valence-corrected chi connectivity index (χ0v) is 40.1. The van der Waals surface area contributed by atoms with Gasteiger partial charge in [-0.15, -0.1) is 0 Å². The van der Waals surface area contributed by atoms with Crippen LogP contribution in [0, 0.1) is 5.41 Å². The number of aliphatic hydroxyl groups is 20. The maximum atomic E-state index is 12.4. The van der Waals surface area contributed by atoms with Gasteiger partial charge in [0, 0.05) is 52.6 Å². The first kappa shape index (κ1) is 69.9. The molecule has 0 heterocycles. The van der Waals surface area contributed by atoms with E-state index in [2.05, 4.69) is 21.3 Å². The molecule has 4 amide bonds. The van der Waals surface area contributed by atoms with Crippen molar-refractivity contribution in [3.8, 4) is 0 Å². The SMILES string of the molecule is O=C(NCCCOCC(COCCCNC(=O)C(O)C(O)C(O)C(O)CO)(COCCCNC(=O)C(O)C(O)C(O)C(O)CO)COCCCNC(=O)C(O)C(O)C(O)C(O)CO)C(O)C(O)C(O)C(O)CO. The molecule has 0 fully saturated rings. The first-order chi connectivity index (χ1) is 34.4. The molecule has 0 aromatic heterocycles. The summed E-state index contributed by atoms with van der Waals surface area (Å²) in [7, 11) is 0. The third-order valence-electron chi connectivity index (χ3n) is 10.8. The molecule has 0 aromatic rings. The summed E-state index contributed by atoms with van der Waals surface area (Å²) in [6.07, 6.45) is -32.9. The third kappa shape index (κ3) is 26.0. The Morgan fingerprint density at radius 2 is 0.493 bits per heavy atom. The Bertz CT molecular complexity index is 1280. The lowest BCUT2D eigenvalue weighted by atomic mass is 9.92. The second kappa shape index (κ2) is 38.5. The van der Waals surface area contributed by atoms with Gasteiger partial charge in [0.1, 0.15) is 73.2 Å². The average Bonchev–Trinajstić information content (AvgIpc) is 3.40. The molecule has 0 aliphatic rings. The number of nitrogens with one attached hydrogen (secondary N) is 4. The van der Waals surface area contributed by atoms with Crippen molar-refractivity contribution in [2.75, 3.05) is 105 Å². The van der Waals surface area contributed by atoms with Gasteiger partial charge < -0.3 is 142 Å². The topological polar surface area (TPSA) is 558 Å². The number of carbonyl (C=O) groups excluding carboxylic acids is 4. The number of ether oxygens (including phenoxy) is 4. The summed E-state index contributed by atoms with van der Waals surface area (Å²) >= 11 is 0. The van der Waals surface area contributed by atoms with Gasteiger partial charge >= 0.3 is 0 Å². The molecular weight excluding hydrogens is 996 g/mol. The summed E-state index contributed by atoms with van der Waals surface area (Å²) in [4.78, 5) is 49.5. The van der Waals surface area contributed by atoms with E-state index in [1.54, 1.807) is 0 Å². The van der Waals surface area contributed by atoms with Crippen LogP contribution in [0.1, 0.15) is 25.7 Å². The molecule has 0 aliphatic carbocycles. The lowest BCUT2D eigenvalue weighted by Crippen LogP contribution is -2.51. The summed E-state index contributed by atoms with van der Waals surface area (Å²) in [5.74, 6) is -4.55. The molecule has 73 heavy (non-hydrogen) atoms. The molecule has 0 saturated heterocycles. The fourth-order valence-electron chi connectivity index (χ4n) is 6.08. The van der Waals surface area contributed by atoms with Crippen LogP contribution in [0.4, 0.5) is 0 Å². The second-order valence-electron chi connectivity index (χ2n) is 17.0. The highest BCUT2D eigenvalue weighted by molar-refractivity contribution is 5.82. The molecule has 0 bridgehead atoms. The Kier molecular flexibility index (Phi) is 36.8. The Hall–Kier alpha value is -3.08. The van der Waals surface area contributed by atoms with Crippen molar-refractivity contribution < 1.29 is 140 Å². The minimum Gasteiger partial charge on any atom is -0.394 e. The van der Waals surface area contributed by atoms with E-state index in [4.69, 9.17) is 39.4 Å². The number of hydrogen-bond donors (Lipinski definition) is 24. The third-order valence-corrected chi connectivity index (χ3v) is 10.8. The molecule has 432 valence electrons. The lowest BCUT2D eigenvalue weighted by Gasteiger charge is -2.33. The van der Waals surface area contributed by atoms with Crippen molar-refractivity contribution in [2.45, 2.75) is 123 Å². The number of amides is 4. The van der Waals surface area contributed by atoms with E-state index in [0.717, 1.165) is 0 Å². The maximum Gasteiger partial charge on any atom is 0.251 e. The molecular formula is C41H80N4O28. The van der Waals surface area contributed by atoms with Gasteiger partial charge in [-0.3, -0.25) is 19.2 Å². The summed E-state index contributed by atoms with van der Waals surface area (Å²) in [6, 6.07) is 0. The van der Waals surface area contributed by atoms with Crippen molar-refractivity contribution in [3.63, 3.8) is 0 Å². The van der Waals surface area contributed by atoms with Gasteiger partial charge in [-0.1, -0.05) is 0 Å². The molecule has 0 aromatic carbocycles. The van der Waals surface area contributed by atoms with Crippen LogP contribution in [0.2, 0.25) is 0 Å². The zero-order valence-electron chi connectivity index (χ0n) is 40.1. The molecule has 24 N–H and O–H groups in total. The van der Waals surface area contributed by atoms with E-state index in [0.29, 0.717) is 0 Å². The van der Waals surface area contributed by atoms with Crippen LogP contribution in [0.15, 0.2) is 0 Å². The van der Waals surface area contributed by atoms with Crippen LogP contribution in [0.3, 0.4) is 0 Å². The van der Waals surface area contributed by atoms with Gasteiger partial charge in [-0.05, 0) is 25.7 Å². The van der Waals surface area contributed by atoms with Crippen LogP contribution < -0.4 is 21.3 Å². The predicted octanol–water partition coefficient (Wildman–Crippen LogP) is -14.2. The normalized spacial score (nSPS) is 19.5. The first-order valence-electron chi connectivity index (χ1n) is 23.1. The van der Waals surface area contributed by atoms with Crippen molar-refractivity contribution in [3.05, 3.63) is 0 Å². The van der Waals surface area contributed by atoms with Crippen molar-refractivity contribution in [1.29, 1.82) is 0 Å². The van der Waals surface area contributed by atoms with Crippen LogP contribution in [0.5, 0.6) is 0 Å². The van der Waals surface area contributed by atoms with E-state index in [-0.39, 0.29) is 105 Å². The first-order valence-corrected chi connectivity index (χ1v) is 23.1. The van der Waals surface area contributed by atoms with Crippen LogP contribution in [-0.2, 0) is 38.1 Å². The van der Waals surface area contributed by atoms with Gasteiger partial charge in [0.05, 0.1) is 58.3 Å². The monoisotopic (exact) mass is 1080 g/mol. The molecule has 32 heteroatoms. The Morgan fingerprint density at radius 1 is 0.315 bits per heavy atom. The molecule has 0 aliphatic heterocycles. The maximum absolute atomic E-state index is 12.4. The van der Waals surface area contributed by atoms with E-state index < -0.39 is 153 Å². The molecule has 16 unspecified atom stereocenters. The molecule has 0 spiro atoms. The van der Waals surface area contributed by atoms with Crippen molar-refractivity contribution in [2.24, 2.45) is 5.41 Å². The van der Waals surface area contributed by atoms with E-state index in [1.165, 1.54) is 0 Å². The lowest BCUT2D eigenvalue weighted by molar-refractivity contribution is -0.149. The average molecular weight is 1080 g/mol.